The predicted molar refractivity (Wildman–Crippen MR) is 78.2 cm³/mol. The quantitative estimate of drug-likeness (QED) is 0.851. The van der Waals surface area contributed by atoms with Crippen molar-refractivity contribution in [3.63, 3.8) is 0 Å². The van der Waals surface area contributed by atoms with Crippen molar-refractivity contribution in [2.24, 2.45) is 10.7 Å². The van der Waals surface area contributed by atoms with Gasteiger partial charge in [0.25, 0.3) is 11.8 Å². The lowest BCUT2D eigenvalue weighted by molar-refractivity contribution is -0.117. The number of hydrogen-bond donors (Lipinski definition) is 1. The Morgan fingerprint density at radius 2 is 2.00 bits per heavy atom. The van der Waals surface area contributed by atoms with Crippen molar-refractivity contribution in [1.29, 1.82) is 0 Å². The Balaban J connectivity index is 1.96. The smallest absolute Gasteiger partial charge is 0.264 e. The van der Waals surface area contributed by atoms with E-state index in [1.165, 1.54) is 17.8 Å². The van der Waals surface area contributed by atoms with Crippen LogP contribution in [0.1, 0.15) is 44.9 Å². The van der Waals surface area contributed by atoms with Crippen LogP contribution in [0.25, 0.3) is 0 Å². The summed E-state index contributed by atoms with van der Waals surface area (Å²) in [5, 5.41) is 0. The molecule has 1 saturated heterocycles. The number of rotatable bonds is 1. The van der Waals surface area contributed by atoms with Gasteiger partial charge in [-0.25, -0.2) is 0 Å². The predicted octanol–water partition coefficient (Wildman–Crippen LogP) is 1.47. The summed E-state index contributed by atoms with van der Waals surface area (Å²) < 4.78 is 0. The van der Waals surface area contributed by atoms with Crippen LogP contribution >= 0.6 is 11.3 Å². The van der Waals surface area contributed by atoms with Gasteiger partial charge in [-0.2, -0.15) is 4.99 Å². The van der Waals surface area contributed by atoms with Crippen LogP contribution in [-0.4, -0.2) is 35.6 Å². The SMILES string of the molecule is Cc1c(C(=O)N2CCCCC2)sc2c1C(N)=NC(=O)C2. The number of piperidine rings is 1. The Morgan fingerprint density at radius 1 is 1.30 bits per heavy atom. The highest BCUT2D eigenvalue weighted by molar-refractivity contribution is 7.14. The van der Waals surface area contributed by atoms with E-state index in [1.54, 1.807) is 0 Å². The van der Waals surface area contributed by atoms with Gasteiger partial charge in [-0.3, -0.25) is 9.59 Å². The number of aliphatic imine (C=N–C) groups is 1. The van der Waals surface area contributed by atoms with Crippen molar-refractivity contribution in [2.45, 2.75) is 32.6 Å². The van der Waals surface area contributed by atoms with Crippen LogP contribution in [0.2, 0.25) is 0 Å². The first-order valence-corrected chi connectivity index (χ1v) is 7.68. The Bertz CT molecular complexity index is 612. The molecule has 2 amide bonds. The summed E-state index contributed by atoms with van der Waals surface area (Å²) in [6.07, 6.45) is 3.59. The van der Waals surface area contributed by atoms with Gasteiger partial charge in [0.1, 0.15) is 5.84 Å². The van der Waals surface area contributed by atoms with Crippen molar-refractivity contribution >= 4 is 29.0 Å². The van der Waals surface area contributed by atoms with Gasteiger partial charge in [0.15, 0.2) is 0 Å². The first-order valence-electron chi connectivity index (χ1n) is 6.87. The Kier molecular flexibility index (Phi) is 3.33. The zero-order chi connectivity index (χ0) is 14.3. The van der Waals surface area contributed by atoms with E-state index in [1.807, 2.05) is 11.8 Å². The largest absolute Gasteiger partial charge is 0.383 e. The summed E-state index contributed by atoms with van der Waals surface area (Å²) in [7, 11) is 0. The number of fused-ring (bicyclic) bond motifs is 1. The zero-order valence-electron chi connectivity index (χ0n) is 11.4. The number of nitrogens with two attached hydrogens (primary N) is 1. The van der Waals surface area contributed by atoms with Crippen LogP contribution in [-0.2, 0) is 11.2 Å². The van der Waals surface area contributed by atoms with Gasteiger partial charge in [-0.15, -0.1) is 11.3 Å². The minimum Gasteiger partial charge on any atom is -0.383 e. The molecule has 3 heterocycles. The van der Waals surface area contributed by atoms with Crippen molar-refractivity contribution in [3.05, 3.63) is 20.9 Å². The lowest BCUT2D eigenvalue weighted by Crippen LogP contribution is -2.35. The summed E-state index contributed by atoms with van der Waals surface area (Å²) >= 11 is 1.40. The van der Waals surface area contributed by atoms with Crippen molar-refractivity contribution < 1.29 is 9.59 Å². The molecule has 0 aliphatic carbocycles. The Morgan fingerprint density at radius 3 is 2.70 bits per heavy atom. The van der Waals surface area contributed by atoms with E-state index >= 15 is 0 Å². The second-order valence-electron chi connectivity index (χ2n) is 5.27. The fourth-order valence-electron chi connectivity index (χ4n) is 2.84. The van der Waals surface area contributed by atoms with E-state index < -0.39 is 0 Å². The number of thiophene rings is 1. The summed E-state index contributed by atoms with van der Waals surface area (Å²) in [4.78, 5) is 31.4. The number of nitrogens with zero attached hydrogens (tertiary/aromatic N) is 2. The standard InChI is InChI=1S/C14H17N3O2S/c1-8-11-9(7-10(18)16-13(11)15)20-12(8)14(19)17-5-3-2-4-6-17/h2-7H2,1H3,(H2,15,16,18). The van der Waals surface area contributed by atoms with Gasteiger partial charge in [-0.05, 0) is 31.7 Å². The van der Waals surface area contributed by atoms with E-state index in [0.717, 1.165) is 41.9 Å². The molecule has 0 bridgehead atoms. The van der Waals surface area contributed by atoms with Crippen LogP contribution in [0.4, 0.5) is 0 Å². The lowest BCUT2D eigenvalue weighted by Gasteiger charge is -2.26. The highest BCUT2D eigenvalue weighted by Crippen LogP contribution is 2.32. The fourth-order valence-corrected chi connectivity index (χ4v) is 4.12. The average Bonchev–Trinajstić information content (AvgIpc) is 2.76. The van der Waals surface area contributed by atoms with Gasteiger partial charge in [0.05, 0.1) is 11.3 Å². The zero-order valence-corrected chi connectivity index (χ0v) is 12.3. The maximum absolute atomic E-state index is 12.6. The average molecular weight is 291 g/mol. The fraction of sp³-hybridized carbons (Fsp3) is 0.500. The first-order chi connectivity index (χ1) is 9.58. The minimum absolute atomic E-state index is 0.0712. The Labute approximate surface area is 121 Å². The van der Waals surface area contributed by atoms with E-state index in [9.17, 15) is 9.59 Å². The molecule has 20 heavy (non-hydrogen) atoms. The molecule has 1 aromatic rings. The van der Waals surface area contributed by atoms with Crippen LogP contribution in [0.5, 0.6) is 0 Å². The molecule has 5 nitrogen and oxygen atoms in total. The molecule has 3 rings (SSSR count). The van der Waals surface area contributed by atoms with Crippen LogP contribution in [0.3, 0.4) is 0 Å². The molecule has 2 aliphatic rings. The maximum Gasteiger partial charge on any atom is 0.264 e. The molecule has 106 valence electrons. The molecule has 1 aromatic heterocycles. The third-order valence-corrected chi connectivity index (χ3v) is 5.15. The second-order valence-corrected chi connectivity index (χ2v) is 6.38. The van der Waals surface area contributed by atoms with E-state index in [2.05, 4.69) is 4.99 Å². The number of amides is 2. The molecule has 0 spiro atoms. The highest BCUT2D eigenvalue weighted by Gasteiger charge is 2.29. The van der Waals surface area contributed by atoms with Crippen LogP contribution in [0.15, 0.2) is 4.99 Å². The van der Waals surface area contributed by atoms with E-state index in [0.29, 0.717) is 4.88 Å². The molecule has 0 aromatic carbocycles. The number of amidine groups is 1. The molecule has 6 heteroatoms. The summed E-state index contributed by atoms with van der Waals surface area (Å²) in [5.74, 6) is 0.0952. The highest BCUT2D eigenvalue weighted by atomic mass is 32.1. The van der Waals surface area contributed by atoms with Gasteiger partial charge in [0, 0.05) is 23.5 Å². The first kappa shape index (κ1) is 13.3. The maximum atomic E-state index is 12.6. The molecule has 0 atom stereocenters. The summed E-state index contributed by atoms with van der Waals surface area (Å²) in [6.45, 7) is 3.54. The molecule has 0 unspecified atom stereocenters. The van der Waals surface area contributed by atoms with Crippen LogP contribution in [0, 0.1) is 6.92 Å². The summed E-state index contributed by atoms with van der Waals surface area (Å²) in [5.41, 5.74) is 7.51. The Hall–Kier alpha value is -1.69. The number of carbonyl (C=O) groups is 2. The van der Waals surface area contributed by atoms with Crippen molar-refractivity contribution in [3.8, 4) is 0 Å². The van der Waals surface area contributed by atoms with Crippen molar-refractivity contribution in [2.75, 3.05) is 13.1 Å². The van der Waals surface area contributed by atoms with Crippen LogP contribution < -0.4 is 5.73 Å². The van der Waals surface area contributed by atoms with Gasteiger partial charge < -0.3 is 10.6 Å². The summed E-state index contributed by atoms with van der Waals surface area (Å²) in [6, 6.07) is 0. The molecular formula is C14H17N3O2S. The van der Waals surface area contributed by atoms with Gasteiger partial charge >= 0.3 is 0 Å². The molecular weight excluding hydrogens is 274 g/mol. The number of hydrogen-bond acceptors (Lipinski definition) is 4. The van der Waals surface area contributed by atoms with E-state index in [4.69, 9.17) is 5.73 Å². The number of likely N-dealkylation sites (tertiary alicyclic amines) is 1. The second kappa shape index (κ2) is 5.01. The lowest BCUT2D eigenvalue weighted by atomic mass is 10.0. The molecule has 1 fully saturated rings. The minimum atomic E-state index is -0.228. The third-order valence-electron chi connectivity index (χ3n) is 3.87. The normalized spacial score (nSPS) is 18.8. The van der Waals surface area contributed by atoms with Gasteiger partial charge in [0.2, 0.25) is 0 Å². The molecule has 0 radical (unpaired) electrons. The number of carbonyl (C=O) groups excluding carboxylic acids is 2. The topological polar surface area (TPSA) is 75.8 Å². The molecule has 2 N–H and O–H groups in total. The van der Waals surface area contributed by atoms with Crippen molar-refractivity contribution in [1.82, 2.24) is 4.90 Å². The molecule has 2 aliphatic heterocycles. The van der Waals surface area contributed by atoms with E-state index in [-0.39, 0.29) is 24.1 Å². The van der Waals surface area contributed by atoms with Gasteiger partial charge in [-0.1, -0.05) is 0 Å². The monoisotopic (exact) mass is 291 g/mol. The molecule has 0 saturated carbocycles. The third kappa shape index (κ3) is 2.14.